The molecule has 109 valence electrons. The summed E-state index contributed by atoms with van der Waals surface area (Å²) in [4.78, 5) is 17.8. The number of likely N-dealkylation sites (tertiary alicyclic amines) is 1. The zero-order chi connectivity index (χ0) is 14.6. The maximum Gasteiger partial charge on any atom is 0.306 e. The van der Waals surface area contributed by atoms with Gasteiger partial charge in [0.2, 0.25) is 0 Å². The molecule has 1 saturated heterocycles. The lowest BCUT2D eigenvalue weighted by Crippen LogP contribution is -2.52. The van der Waals surface area contributed by atoms with Crippen molar-refractivity contribution in [1.29, 1.82) is 0 Å². The standard InChI is InChI=1S/C16H23N2O2/c1-3-16(2,12-14-6-4-5-9-17-14)18-10-7-13(8-11-18)15(19)20/h4-6,9,13H,2-3,7-8,10-12H2,1H3,(H,19,20). The Kier molecular flexibility index (Phi) is 4.76. The van der Waals surface area contributed by atoms with Crippen molar-refractivity contribution in [3.63, 3.8) is 0 Å². The highest BCUT2D eigenvalue weighted by Crippen LogP contribution is 2.29. The first-order valence-electron chi connectivity index (χ1n) is 7.28. The third kappa shape index (κ3) is 3.37. The average molecular weight is 275 g/mol. The molecule has 4 nitrogen and oxygen atoms in total. The van der Waals surface area contributed by atoms with Crippen molar-refractivity contribution in [2.45, 2.75) is 38.1 Å². The molecule has 1 fully saturated rings. The Labute approximate surface area is 120 Å². The minimum Gasteiger partial charge on any atom is -0.481 e. The molecule has 2 heterocycles. The van der Waals surface area contributed by atoms with Gasteiger partial charge < -0.3 is 5.11 Å². The topological polar surface area (TPSA) is 53.4 Å². The van der Waals surface area contributed by atoms with Crippen LogP contribution in [0.3, 0.4) is 0 Å². The van der Waals surface area contributed by atoms with E-state index >= 15 is 0 Å². The SMILES string of the molecule is [CH2]C(CC)(Cc1ccccn1)N1CCC(C(=O)O)CC1. The second kappa shape index (κ2) is 6.35. The summed E-state index contributed by atoms with van der Waals surface area (Å²) in [6, 6.07) is 5.94. The summed E-state index contributed by atoms with van der Waals surface area (Å²) in [6.07, 6.45) is 4.98. The Morgan fingerprint density at radius 1 is 1.50 bits per heavy atom. The Morgan fingerprint density at radius 2 is 2.20 bits per heavy atom. The van der Waals surface area contributed by atoms with Crippen LogP contribution >= 0.6 is 0 Å². The summed E-state index contributed by atoms with van der Waals surface area (Å²) in [5.41, 5.74) is 0.863. The lowest BCUT2D eigenvalue weighted by Gasteiger charge is -2.44. The van der Waals surface area contributed by atoms with Gasteiger partial charge >= 0.3 is 5.97 Å². The first-order chi connectivity index (χ1) is 9.55. The Hall–Kier alpha value is -1.42. The molecular formula is C16H23N2O2. The van der Waals surface area contributed by atoms with Gasteiger partial charge in [-0.2, -0.15) is 0 Å². The second-order valence-electron chi connectivity index (χ2n) is 5.68. The van der Waals surface area contributed by atoms with Crippen molar-refractivity contribution in [2.75, 3.05) is 13.1 Å². The maximum atomic E-state index is 11.0. The zero-order valence-corrected chi connectivity index (χ0v) is 12.1. The first-order valence-corrected chi connectivity index (χ1v) is 7.28. The van der Waals surface area contributed by atoms with E-state index < -0.39 is 5.97 Å². The van der Waals surface area contributed by atoms with Crippen LogP contribution in [-0.2, 0) is 11.2 Å². The molecule has 1 aliphatic rings. The molecular weight excluding hydrogens is 252 g/mol. The quantitative estimate of drug-likeness (QED) is 0.896. The molecule has 0 aromatic carbocycles. The molecule has 4 heteroatoms. The van der Waals surface area contributed by atoms with Crippen molar-refractivity contribution >= 4 is 5.97 Å². The van der Waals surface area contributed by atoms with Crippen LogP contribution in [0.2, 0.25) is 0 Å². The fourth-order valence-corrected chi connectivity index (χ4v) is 2.90. The molecule has 2 rings (SSSR count). The molecule has 1 aromatic rings. The fraction of sp³-hybridized carbons (Fsp3) is 0.562. The van der Waals surface area contributed by atoms with Crippen LogP contribution in [-0.4, -0.2) is 39.6 Å². The first kappa shape index (κ1) is 15.0. The van der Waals surface area contributed by atoms with E-state index in [1.165, 1.54) is 0 Å². The minimum atomic E-state index is -0.666. The van der Waals surface area contributed by atoms with Gasteiger partial charge in [0.25, 0.3) is 0 Å². The summed E-state index contributed by atoms with van der Waals surface area (Å²) in [5, 5.41) is 9.08. The summed E-state index contributed by atoms with van der Waals surface area (Å²) in [5.74, 6) is -0.859. The van der Waals surface area contributed by atoms with E-state index in [-0.39, 0.29) is 11.5 Å². The number of carbonyl (C=O) groups is 1. The van der Waals surface area contributed by atoms with Crippen LogP contribution in [0.5, 0.6) is 0 Å². The lowest BCUT2D eigenvalue weighted by atomic mass is 9.86. The maximum absolute atomic E-state index is 11.0. The molecule has 0 bridgehead atoms. The van der Waals surface area contributed by atoms with Crippen LogP contribution in [0.4, 0.5) is 0 Å². The van der Waals surface area contributed by atoms with E-state index in [0.717, 1.165) is 44.5 Å². The summed E-state index contributed by atoms with van der Waals surface area (Å²) in [6.45, 7) is 8.17. The number of carboxylic acid groups (broad SMARTS) is 1. The van der Waals surface area contributed by atoms with Crippen molar-refractivity contribution < 1.29 is 9.90 Å². The predicted molar refractivity (Wildman–Crippen MR) is 78.3 cm³/mol. The van der Waals surface area contributed by atoms with Crippen molar-refractivity contribution in [3.05, 3.63) is 37.0 Å². The number of carboxylic acids is 1. The Balaban J connectivity index is 2.02. The highest BCUT2D eigenvalue weighted by molar-refractivity contribution is 5.70. The number of hydrogen-bond acceptors (Lipinski definition) is 3. The lowest BCUT2D eigenvalue weighted by molar-refractivity contribution is -0.143. The normalized spacial score (nSPS) is 20.5. The molecule has 1 N–H and O–H groups in total. The highest BCUT2D eigenvalue weighted by atomic mass is 16.4. The van der Waals surface area contributed by atoms with E-state index in [2.05, 4.69) is 23.7 Å². The minimum absolute atomic E-state index is 0.183. The molecule has 1 radical (unpaired) electrons. The van der Waals surface area contributed by atoms with Gasteiger partial charge in [-0.25, -0.2) is 0 Å². The molecule has 1 atom stereocenters. The molecule has 0 amide bonds. The van der Waals surface area contributed by atoms with E-state index in [4.69, 9.17) is 5.11 Å². The monoisotopic (exact) mass is 275 g/mol. The summed E-state index contributed by atoms with van der Waals surface area (Å²) < 4.78 is 0. The Morgan fingerprint density at radius 3 is 2.70 bits per heavy atom. The fourth-order valence-electron chi connectivity index (χ4n) is 2.90. The number of rotatable bonds is 5. The molecule has 0 aliphatic carbocycles. The number of aliphatic carboxylic acids is 1. The molecule has 0 spiro atoms. The van der Waals surface area contributed by atoms with Gasteiger partial charge in [-0.3, -0.25) is 14.7 Å². The smallest absolute Gasteiger partial charge is 0.306 e. The van der Waals surface area contributed by atoms with Crippen molar-refractivity contribution in [3.8, 4) is 0 Å². The average Bonchev–Trinajstić information content (AvgIpc) is 2.48. The molecule has 0 saturated carbocycles. The molecule has 20 heavy (non-hydrogen) atoms. The number of piperidine rings is 1. The third-order valence-electron chi connectivity index (χ3n) is 4.41. The molecule has 1 aromatic heterocycles. The predicted octanol–water partition coefficient (Wildman–Crippen LogP) is 2.40. The van der Waals surface area contributed by atoms with Gasteiger partial charge in [0.15, 0.2) is 0 Å². The van der Waals surface area contributed by atoms with Crippen LogP contribution in [0, 0.1) is 12.8 Å². The zero-order valence-electron chi connectivity index (χ0n) is 12.1. The van der Waals surface area contributed by atoms with Crippen LogP contribution in [0.1, 0.15) is 31.9 Å². The number of nitrogens with zero attached hydrogens (tertiary/aromatic N) is 2. The van der Waals surface area contributed by atoms with Crippen LogP contribution < -0.4 is 0 Å². The number of pyridine rings is 1. The van der Waals surface area contributed by atoms with Gasteiger partial charge in [-0.1, -0.05) is 13.0 Å². The van der Waals surface area contributed by atoms with Gasteiger partial charge in [0, 0.05) is 23.9 Å². The van der Waals surface area contributed by atoms with Gasteiger partial charge in [-0.05, 0) is 51.4 Å². The van der Waals surface area contributed by atoms with Crippen molar-refractivity contribution in [2.24, 2.45) is 5.92 Å². The van der Waals surface area contributed by atoms with Crippen molar-refractivity contribution in [1.82, 2.24) is 9.88 Å². The van der Waals surface area contributed by atoms with E-state index in [0.29, 0.717) is 0 Å². The second-order valence-corrected chi connectivity index (χ2v) is 5.68. The number of aromatic nitrogens is 1. The van der Waals surface area contributed by atoms with Gasteiger partial charge in [0.1, 0.15) is 0 Å². The van der Waals surface area contributed by atoms with E-state index in [1.54, 1.807) is 0 Å². The third-order valence-corrected chi connectivity index (χ3v) is 4.41. The molecule has 1 aliphatic heterocycles. The molecule has 1 unspecified atom stereocenters. The van der Waals surface area contributed by atoms with E-state index in [1.807, 2.05) is 24.4 Å². The van der Waals surface area contributed by atoms with Gasteiger partial charge in [0.05, 0.1) is 5.92 Å². The summed E-state index contributed by atoms with van der Waals surface area (Å²) in [7, 11) is 0. The van der Waals surface area contributed by atoms with Crippen LogP contribution in [0.15, 0.2) is 24.4 Å². The number of hydrogen-bond donors (Lipinski definition) is 1. The highest BCUT2D eigenvalue weighted by Gasteiger charge is 2.35. The van der Waals surface area contributed by atoms with Gasteiger partial charge in [-0.15, -0.1) is 0 Å². The largest absolute Gasteiger partial charge is 0.481 e. The van der Waals surface area contributed by atoms with E-state index in [9.17, 15) is 4.79 Å². The summed E-state index contributed by atoms with van der Waals surface area (Å²) >= 11 is 0. The Bertz CT molecular complexity index is 441. The van der Waals surface area contributed by atoms with Crippen LogP contribution in [0.25, 0.3) is 0 Å².